The maximum absolute atomic E-state index is 12.9. The number of hydrogen-bond acceptors (Lipinski definition) is 2. The number of hydrogen-bond donors (Lipinski definition) is 1. The van der Waals surface area contributed by atoms with Crippen LogP contribution >= 0.6 is 35.0 Å². The van der Waals surface area contributed by atoms with Crippen molar-refractivity contribution in [2.24, 2.45) is 0 Å². The molecule has 0 saturated carbocycles. The average Bonchev–Trinajstić information content (AvgIpc) is 2.52. The molecule has 23 heavy (non-hydrogen) atoms. The normalized spacial score (nSPS) is 10.6. The van der Waals surface area contributed by atoms with Crippen LogP contribution in [-0.4, -0.2) is 11.7 Å². The molecule has 6 heteroatoms. The highest BCUT2D eigenvalue weighted by Gasteiger charge is 2.06. The first-order valence-corrected chi connectivity index (χ1v) is 8.99. The lowest BCUT2D eigenvalue weighted by atomic mass is 10.2. The Hall–Kier alpha value is -1.23. The number of carbonyl (C=O) groups excluding carboxylic acids is 1. The second-order valence-electron chi connectivity index (χ2n) is 4.91. The molecule has 1 N–H and O–H groups in total. The fraction of sp³-hybridized carbons (Fsp3) is 0.235. The Morgan fingerprint density at radius 1 is 1.09 bits per heavy atom. The molecule has 0 spiro atoms. The number of rotatable bonds is 7. The maximum Gasteiger partial charge on any atom is 0.221 e. The van der Waals surface area contributed by atoms with Crippen molar-refractivity contribution in [1.29, 1.82) is 0 Å². The standard InChI is InChI=1S/C17H16Cl2FNOS/c18-15-4-2-1-3-13(15)11-23-8-7-17(22)21-10-12-5-6-14(20)9-16(12)19/h1-6,9H,7-8,10-11H2,(H,21,22). The van der Waals surface area contributed by atoms with E-state index in [0.717, 1.165) is 16.3 Å². The number of carbonyl (C=O) groups is 1. The van der Waals surface area contributed by atoms with Crippen molar-refractivity contribution in [3.63, 3.8) is 0 Å². The predicted molar refractivity (Wildman–Crippen MR) is 95.5 cm³/mol. The van der Waals surface area contributed by atoms with Crippen LogP contribution in [0.4, 0.5) is 4.39 Å². The lowest BCUT2D eigenvalue weighted by Gasteiger charge is -2.07. The first kappa shape index (κ1) is 18.1. The van der Waals surface area contributed by atoms with Gasteiger partial charge in [0, 0.05) is 34.5 Å². The summed E-state index contributed by atoms with van der Waals surface area (Å²) in [7, 11) is 0. The third kappa shape index (κ3) is 6.05. The third-order valence-electron chi connectivity index (χ3n) is 3.18. The molecule has 0 aromatic heterocycles. The molecule has 2 aromatic carbocycles. The summed E-state index contributed by atoms with van der Waals surface area (Å²) in [5.41, 5.74) is 1.77. The van der Waals surface area contributed by atoms with Crippen LogP contribution < -0.4 is 5.32 Å². The Labute approximate surface area is 149 Å². The monoisotopic (exact) mass is 371 g/mol. The van der Waals surface area contributed by atoms with E-state index in [1.165, 1.54) is 12.1 Å². The molecule has 0 aliphatic rings. The van der Waals surface area contributed by atoms with E-state index in [1.807, 2.05) is 24.3 Å². The van der Waals surface area contributed by atoms with Crippen molar-refractivity contribution in [2.75, 3.05) is 5.75 Å². The Morgan fingerprint density at radius 3 is 2.61 bits per heavy atom. The van der Waals surface area contributed by atoms with Crippen molar-refractivity contribution in [2.45, 2.75) is 18.7 Å². The summed E-state index contributed by atoms with van der Waals surface area (Å²) < 4.78 is 12.9. The summed E-state index contributed by atoms with van der Waals surface area (Å²) >= 11 is 13.6. The molecule has 0 fully saturated rings. The van der Waals surface area contributed by atoms with Gasteiger partial charge in [0.2, 0.25) is 5.91 Å². The molecule has 0 aliphatic carbocycles. The van der Waals surface area contributed by atoms with Gasteiger partial charge in [-0.15, -0.1) is 0 Å². The smallest absolute Gasteiger partial charge is 0.221 e. The van der Waals surface area contributed by atoms with E-state index in [0.29, 0.717) is 29.3 Å². The molecule has 0 atom stereocenters. The second kappa shape index (κ2) is 9.16. The zero-order valence-corrected chi connectivity index (χ0v) is 14.6. The second-order valence-corrected chi connectivity index (χ2v) is 6.83. The molecule has 2 nitrogen and oxygen atoms in total. The predicted octanol–water partition coefficient (Wildman–Crippen LogP) is 5.07. The summed E-state index contributed by atoms with van der Waals surface area (Å²) in [4.78, 5) is 11.8. The topological polar surface area (TPSA) is 29.1 Å². The van der Waals surface area contributed by atoms with Gasteiger partial charge in [0.15, 0.2) is 0 Å². The molecule has 0 heterocycles. The van der Waals surface area contributed by atoms with Crippen molar-refractivity contribution in [3.05, 3.63) is 69.5 Å². The van der Waals surface area contributed by atoms with Gasteiger partial charge in [-0.2, -0.15) is 11.8 Å². The van der Waals surface area contributed by atoms with Gasteiger partial charge < -0.3 is 5.32 Å². The van der Waals surface area contributed by atoms with Gasteiger partial charge in [0.25, 0.3) is 0 Å². The van der Waals surface area contributed by atoms with E-state index in [4.69, 9.17) is 23.2 Å². The van der Waals surface area contributed by atoms with Crippen molar-refractivity contribution in [1.82, 2.24) is 5.32 Å². The van der Waals surface area contributed by atoms with Crippen molar-refractivity contribution in [3.8, 4) is 0 Å². The molecule has 0 aliphatic heterocycles. The zero-order valence-electron chi connectivity index (χ0n) is 12.3. The highest BCUT2D eigenvalue weighted by Crippen LogP contribution is 2.21. The largest absolute Gasteiger partial charge is 0.352 e. The summed E-state index contributed by atoms with van der Waals surface area (Å²) in [5.74, 6) is 1.03. The highest BCUT2D eigenvalue weighted by molar-refractivity contribution is 7.98. The zero-order chi connectivity index (χ0) is 16.7. The molecule has 0 unspecified atom stereocenters. The number of amides is 1. The molecule has 0 radical (unpaired) electrons. The summed E-state index contributed by atoms with van der Waals surface area (Å²) in [6, 6.07) is 11.8. The molecular weight excluding hydrogens is 356 g/mol. The Balaban J connectivity index is 1.68. The van der Waals surface area contributed by atoms with Gasteiger partial charge in [-0.3, -0.25) is 4.79 Å². The van der Waals surface area contributed by atoms with Crippen LogP contribution in [0.25, 0.3) is 0 Å². The molecular formula is C17H16Cl2FNOS. The van der Waals surface area contributed by atoms with Crippen LogP contribution in [0.1, 0.15) is 17.5 Å². The first-order valence-electron chi connectivity index (χ1n) is 7.08. The molecule has 0 saturated heterocycles. The van der Waals surface area contributed by atoms with Crippen molar-refractivity contribution >= 4 is 40.9 Å². The van der Waals surface area contributed by atoms with E-state index < -0.39 is 0 Å². The van der Waals surface area contributed by atoms with Crippen LogP contribution in [0.3, 0.4) is 0 Å². The average molecular weight is 372 g/mol. The first-order chi connectivity index (χ1) is 11.1. The van der Waals surface area contributed by atoms with Crippen LogP contribution in [0.2, 0.25) is 10.0 Å². The lowest BCUT2D eigenvalue weighted by Crippen LogP contribution is -2.23. The molecule has 122 valence electrons. The lowest BCUT2D eigenvalue weighted by molar-refractivity contribution is -0.120. The number of nitrogens with one attached hydrogen (secondary N) is 1. The highest BCUT2D eigenvalue weighted by atomic mass is 35.5. The fourth-order valence-corrected chi connectivity index (χ4v) is 3.37. The van der Waals surface area contributed by atoms with E-state index in [2.05, 4.69) is 5.32 Å². The van der Waals surface area contributed by atoms with Gasteiger partial charge in [-0.05, 0) is 29.3 Å². The molecule has 1 amide bonds. The number of benzene rings is 2. The van der Waals surface area contributed by atoms with Crippen LogP contribution in [0.15, 0.2) is 42.5 Å². The Morgan fingerprint density at radius 2 is 1.87 bits per heavy atom. The maximum atomic E-state index is 12.9. The van der Waals surface area contributed by atoms with Crippen molar-refractivity contribution < 1.29 is 9.18 Å². The summed E-state index contributed by atoms with van der Waals surface area (Å²) in [5, 5.41) is 3.85. The van der Waals surface area contributed by atoms with Crippen LogP contribution in [-0.2, 0) is 17.1 Å². The Kier molecular flexibility index (Phi) is 7.21. The number of thioether (sulfide) groups is 1. The van der Waals surface area contributed by atoms with E-state index in [-0.39, 0.29) is 11.7 Å². The molecule has 2 aromatic rings. The minimum absolute atomic E-state index is 0.0583. The fourth-order valence-electron chi connectivity index (χ4n) is 1.91. The van der Waals surface area contributed by atoms with E-state index in [9.17, 15) is 9.18 Å². The molecule has 2 rings (SSSR count). The van der Waals surface area contributed by atoms with Gasteiger partial charge in [0.1, 0.15) is 5.82 Å². The van der Waals surface area contributed by atoms with Gasteiger partial charge in [0.05, 0.1) is 0 Å². The van der Waals surface area contributed by atoms with E-state index >= 15 is 0 Å². The Bertz CT molecular complexity index is 681. The SMILES string of the molecule is O=C(CCSCc1ccccc1Cl)NCc1ccc(F)cc1Cl. The van der Waals surface area contributed by atoms with Crippen LogP contribution in [0.5, 0.6) is 0 Å². The third-order valence-corrected chi connectivity index (χ3v) is 4.91. The molecule has 0 bridgehead atoms. The van der Waals surface area contributed by atoms with Gasteiger partial charge in [-0.25, -0.2) is 4.39 Å². The minimum atomic E-state index is -0.388. The quantitative estimate of drug-likeness (QED) is 0.688. The summed E-state index contributed by atoms with van der Waals surface area (Å²) in [6.45, 7) is 0.299. The summed E-state index contributed by atoms with van der Waals surface area (Å²) in [6.07, 6.45) is 0.411. The van der Waals surface area contributed by atoms with E-state index in [1.54, 1.807) is 17.8 Å². The van der Waals surface area contributed by atoms with Gasteiger partial charge >= 0.3 is 0 Å². The van der Waals surface area contributed by atoms with Crippen LogP contribution in [0, 0.1) is 5.82 Å². The van der Waals surface area contributed by atoms with Gasteiger partial charge in [-0.1, -0.05) is 47.5 Å². The number of halogens is 3. The minimum Gasteiger partial charge on any atom is -0.352 e.